The molecule has 1 aromatic carbocycles. The predicted molar refractivity (Wildman–Crippen MR) is 87.4 cm³/mol. The number of hydrogen-bond donors (Lipinski definition) is 1. The molecular weight excluding hydrogens is 258 g/mol. The quantitative estimate of drug-likeness (QED) is 0.908. The number of aryl methyl sites for hydroxylation is 2. The second-order valence-electron chi connectivity index (χ2n) is 7.12. The summed E-state index contributed by atoms with van der Waals surface area (Å²) in [4.78, 5) is 2.58. The molecular formula is C19H29NO. The van der Waals surface area contributed by atoms with E-state index in [1.54, 1.807) is 0 Å². The van der Waals surface area contributed by atoms with Gasteiger partial charge in [0.05, 0.1) is 6.10 Å². The maximum atomic E-state index is 10.7. The first-order valence-electron chi connectivity index (χ1n) is 8.64. The number of nitrogens with zero attached hydrogens (tertiary/aromatic N) is 1. The molecule has 2 nitrogen and oxygen atoms in total. The number of benzene rings is 1. The molecule has 1 aliphatic carbocycles. The summed E-state index contributed by atoms with van der Waals surface area (Å²) in [6.45, 7) is 6.21. The summed E-state index contributed by atoms with van der Waals surface area (Å²) < 4.78 is 0. The van der Waals surface area contributed by atoms with Gasteiger partial charge in [0.25, 0.3) is 0 Å². The summed E-state index contributed by atoms with van der Waals surface area (Å²) in [6, 6.07) is 7.13. The molecule has 1 aliphatic heterocycles. The van der Waals surface area contributed by atoms with Gasteiger partial charge in [0.1, 0.15) is 0 Å². The molecule has 3 rings (SSSR count). The molecule has 2 fully saturated rings. The Morgan fingerprint density at radius 2 is 1.90 bits per heavy atom. The third-order valence-corrected chi connectivity index (χ3v) is 5.55. The number of hydrogen-bond acceptors (Lipinski definition) is 2. The molecule has 0 bridgehead atoms. The number of rotatable bonds is 3. The van der Waals surface area contributed by atoms with Crippen LogP contribution in [0.5, 0.6) is 0 Å². The summed E-state index contributed by atoms with van der Waals surface area (Å²) in [5.74, 6) is 0.888. The van der Waals surface area contributed by atoms with E-state index >= 15 is 0 Å². The van der Waals surface area contributed by atoms with E-state index in [4.69, 9.17) is 0 Å². The van der Waals surface area contributed by atoms with Crippen molar-refractivity contribution in [3.05, 3.63) is 34.9 Å². The topological polar surface area (TPSA) is 23.5 Å². The average molecular weight is 287 g/mol. The lowest BCUT2D eigenvalue weighted by molar-refractivity contribution is 0.0203. The minimum absolute atomic E-state index is 0.341. The Morgan fingerprint density at radius 1 is 1.14 bits per heavy atom. The second-order valence-corrected chi connectivity index (χ2v) is 7.12. The highest BCUT2D eigenvalue weighted by atomic mass is 16.3. The monoisotopic (exact) mass is 287 g/mol. The minimum atomic E-state index is -0.341. The zero-order valence-corrected chi connectivity index (χ0v) is 13.5. The van der Waals surface area contributed by atoms with E-state index in [1.807, 2.05) is 0 Å². The van der Waals surface area contributed by atoms with Crippen molar-refractivity contribution in [2.24, 2.45) is 5.92 Å². The lowest BCUT2D eigenvalue weighted by Crippen LogP contribution is -2.48. The van der Waals surface area contributed by atoms with E-state index in [2.05, 4.69) is 36.9 Å². The van der Waals surface area contributed by atoms with Gasteiger partial charge in [-0.1, -0.05) is 36.6 Å². The molecule has 1 saturated heterocycles. The maximum Gasteiger partial charge on any atom is 0.0919 e. The summed E-state index contributed by atoms with van der Waals surface area (Å²) in [5, 5.41) is 10.7. The fraction of sp³-hybridized carbons (Fsp3) is 0.684. The number of aliphatic hydroxyl groups excluding tert-OH is 1. The largest absolute Gasteiger partial charge is 0.387 e. The first-order valence-corrected chi connectivity index (χ1v) is 8.64. The number of fused-ring (bicyclic) bond motifs is 1. The van der Waals surface area contributed by atoms with Crippen LogP contribution in [0.1, 0.15) is 61.3 Å². The molecule has 1 N–H and O–H groups in total. The van der Waals surface area contributed by atoms with E-state index in [9.17, 15) is 5.11 Å². The van der Waals surface area contributed by atoms with Crippen LogP contribution >= 0.6 is 0 Å². The molecule has 0 aromatic heterocycles. The zero-order valence-electron chi connectivity index (χ0n) is 13.5. The highest BCUT2D eigenvalue weighted by Gasteiger charge is 2.34. The van der Waals surface area contributed by atoms with Crippen LogP contribution in [0.4, 0.5) is 0 Å². The van der Waals surface area contributed by atoms with Crippen LogP contribution in [0.2, 0.25) is 0 Å². The van der Waals surface area contributed by atoms with Gasteiger partial charge in [-0.2, -0.15) is 0 Å². The van der Waals surface area contributed by atoms with Crippen molar-refractivity contribution in [3.63, 3.8) is 0 Å². The van der Waals surface area contributed by atoms with E-state index in [0.717, 1.165) is 24.1 Å². The Morgan fingerprint density at radius 3 is 2.71 bits per heavy atom. The lowest BCUT2D eigenvalue weighted by atomic mass is 9.78. The van der Waals surface area contributed by atoms with Gasteiger partial charge in [-0.3, -0.25) is 4.90 Å². The summed E-state index contributed by atoms with van der Waals surface area (Å²) in [5.41, 5.74) is 3.60. The number of piperidine rings is 1. The van der Waals surface area contributed by atoms with Gasteiger partial charge in [-0.05, 0) is 63.1 Å². The van der Waals surface area contributed by atoms with Crippen LogP contribution in [-0.2, 0) is 0 Å². The standard InChI is InChI=1S/C19H29NO/c1-14-9-10-17(15(2)12-14)19(21)13-20-11-5-7-16-6-3-4-8-18(16)20/h9-10,12,16,18-19,21H,3-8,11,13H2,1-2H3/t16-,18-,19?/m1/s1. The fourth-order valence-electron chi connectivity index (χ4n) is 4.47. The summed E-state index contributed by atoms with van der Waals surface area (Å²) >= 11 is 0. The predicted octanol–water partition coefficient (Wildman–Crippen LogP) is 3.99. The minimum Gasteiger partial charge on any atom is -0.387 e. The Balaban J connectivity index is 1.69. The zero-order chi connectivity index (χ0) is 14.8. The molecule has 0 spiro atoms. The van der Waals surface area contributed by atoms with E-state index < -0.39 is 0 Å². The van der Waals surface area contributed by atoms with Crippen LogP contribution in [-0.4, -0.2) is 29.1 Å². The van der Waals surface area contributed by atoms with Crippen molar-refractivity contribution in [1.29, 1.82) is 0 Å². The van der Waals surface area contributed by atoms with Crippen LogP contribution in [0, 0.1) is 19.8 Å². The Kier molecular flexibility index (Phi) is 4.66. The van der Waals surface area contributed by atoms with Gasteiger partial charge in [-0.15, -0.1) is 0 Å². The lowest BCUT2D eigenvalue weighted by Gasteiger charge is -2.45. The molecule has 1 saturated carbocycles. The Bertz CT molecular complexity index is 482. The number of likely N-dealkylation sites (tertiary alicyclic amines) is 1. The third-order valence-electron chi connectivity index (χ3n) is 5.55. The van der Waals surface area contributed by atoms with Gasteiger partial charge >= 0.3 is 0 Å². The van der Waals surface area contributed by atoms with Crippen LogP contribution in [0.15, 0.2) is 18.2 Å². The first-order chi connectivity index (χ1) is 10.1. The molecule has 1 unspecified atom stereocenters. The number of aliphatic hydroxyl groups is 1. The van der Waals surface area contributed by atoms with Gasteiger partial charge in [0.15, 0.2) is 0 Å². The normalized spacial score (nSPS) is 28.1. The SMILES string of the molecule is Cc1ccc(C(O)CN2CCC[C@H]3CCCC[C@H]32)c(C)c1. The molecule has 0 radical (unpaired) electrons. The Labute approximate surface area is 129 Å². The van der Waals surface area contributed by atoms with Gasteiger partial charge < -0.3 is 5.11 Å². The van der Waals surface area contributed by atoms with Gasteiger partial charge in [0, 0.05) is 12.6 Å². The molecule has 21 heavy (non-hydrogen) atoms. The van der Waals surface area contributed by atoms with Crippen molar-refractivity contribution in [2.45, 2.75) is 64.5 Å². The van der Waals surface area contributed by atoms with Crippen molar-refractivity contribution in [3.8, 4) is 0 Å². The highest BCUT2D eigenvalue weighted by molar-refractivity contribution is 5.32. The highest BCUT2D eigenvalue weighted by Crippen LogP contribution is 2.36. The van der Waals surface area contributed by atoms with E-state index in [1.165, 1.54) is 56.2 Å². The second kappa shape index (κ2) is 6.50. The Hall–Kier alpha value is -0.860. The first kappa shape index (κ1) is 15.1. The maximum absolute atomic E-state index is 10.7. The summed E-state index contributed by atoms with van der Waals surface area (Å²) in [7, 11) is 0. The van der Waals surface area contributed by atoms with Crippen molar-refractivity contribution in [1.82, 2.24) is 4.90 Å². The average Bonchev–Trinajstić information content (AvgIpc) is 2.47. The fourth-order valence-corrected chi connectivity index (χ4v) is 4.47. The summed E-state index contributed by atoms with van der Waals surface area (Å²) in [6.07, 6.45) is 7.89. The van der Waals surface area contributed by atoms with Crippen molar-refractivity contribution < 1.29 is 5.11 Å². The van der Waals surface area contributed by atoms with Crippen LogP contribution < -0.4 is 0 Å². The molecule has 0 amide bonds. The smallest absolute Gasteiger partial charge is 0.0919 e. The van der Waals surface area contributed by atoms with Gasteiger partial charge in [0.2, 0.25) is 0 Å². The molecule has 116 valence electrons. The molecule has 3 atom stereocenters. The van der Waals surface area contributed by atoms with Crippen LogP contribution in [0.25, 0.3) is 0 Å². The van der Waals surface area contributed by atoms with Crippen LogP contribution in [0.3, 0.4) is 0 Å². The molecule has 2 aliphatic rings. The third kappa shape index (κ3) is 3.32. The number of β-amino-alcohol motifs (C(OH)–C–C–N with tert-alkyl or cyclic N) is 1. The van der Waals surface area contributed by atoms with Crippen molar-refractivity contribution in [2.75, 3.05) is 13.1 Å². The van der Waals surface area contributed by atoms with Crippen molar-refractivity contribution >= 4 is 0 Å². The van der Waals surface area contributed by atoms with E-state index in [-0.39, 0.29) is 6.10 Å². The molecule has 2 heteroatoms. The van der Waals surface area contributed by atoms with Gasteiger partial charge in [-0.25, -0.2) is 0 Å². The molecule has 1 aromatic rings. The van der Waals surface area contributed by atoms with E-state index in [0.29, 0.717) is 0 Å². The molecule has 1 heterocycles.